The zero-order valence-corrected chi connectivity index (χ0v) is 15.6. The van der Waals surface area contributed by atoms with Gasteiger partial charge in [0.25, 0.3) is 5.91 Å². The Morgan fingerprint density at radius 1 is 1.15 bits per heavy atom. The van der Waals surface area contributed by atoms with E-state index < -0.39 is 10.0 Å². The first-order valence-electron chi connectivity index (χ1n) is 8.76. The molecule has 3 rings (SSSR count). The standard InChI is InChI=1S/C19H23N3O3S/c1-15-18(17(9-10-20-15)16-7-3-2-4-8-16)19(23)21-11-14-26(24,25)22-12-5-6-13-22/h2-4,7-10H,5-6,11-14H2,1H3,(H,21,23). The van der Waals surface area contributed by atoms with E-state index in [0.29, 0.717) is 24.3 Å². The number of pyridine rings is 1. The van der Waals surface area contributed by atoms with Gasteiger partial charge in [-0.2, -0.15) is 0 Å². The summed E-state index contributed by atoms with van der Waals surface area (Å²) in [5.74, 6) is -0.385. The Labute approximate surface area is 154 Å². The Hall–Kier alpha value is -2.25. The lowest BCUT2D eigenvalue weighted by molar-refractivity contribution is 0.0955. The molecular formula is C19H23N3O3S. The van der Waals surface area contributed by atoms with Crippen molar-refractivity contribution < 1.29 is 13.2 Å². The van der Waals surface area contributed by atoms with Gasteiger partial charge in [0.15, 0.2) is 0 Å². The summed E-state index contributed by atoms with van der Waals surface area (Å²) in [6.07, 6.45) is 3.48. The van der Waals surface area contributed by atoms with Crippen LogP contribution in [0.2, 0.25) is 0 Å². The molecule has 0 unspecified atom stereocenters. The van der Waals surface area contributed by atoms with Crippen molar-refractivity contribution in [1.29, 1.82) is 0 Å². The summed E-state index contributed by atoms with van der Waals surface area (Å²) in [5, 5.41) is 2.74. The largest absolute Gasteiger partial charge is 0.351 e. The molecule has 0 radical (unpaired) electrons. The highest BCUT2D eigenvalue weighted by atomic mass is 32.2. The molecule has 1 aliphatic heterocycles. The minimum atomic E-state index is -3.31. The molecule has 1 amide bonds. The van der Waals surface area contributed by atoms with E-state index in [1.165, 1.54) is 4.31 Å². The molecule has 1 aliphatic rings. The second kappa shape index (κ2) is 7.97. The van der Waals surface area contributed by atoms with Crippen LogP contribution in [0.25, 0.3) is 11.1 Å². The minimum absolute atomic E-state index is 0.0836. The summed E-state index contributed by atoms with van der Waals surface area (Å²) < 4.78 is 26.0. The first-order chi connectivity index (χ1) is 12.5. The third-order valence-corrected chi connectivity index (χ3v) is 6.43. The number of hydrogen-bond donors (Lipinski definition) is 1. The van der Waals surface area contributed by atoms with E-state index in [9.17, 15) is 13.2 Å². The van der Waals surface area contributed by atoms with Crippen molar-refractivity contribution in [3.63, 3.8) is 0 Å². The maximum absolute atomic E-state index is 12.7. The van der Waals surface area contributed by atoms with Crippen LogP contribution in [0, 0.1) is 6.92 Å². The summed E-state index contributed by atoms with van der Waals surface area (Å²) in [6.45, 7) is 3.02. The predicted molar refractivity (Wildman–Crippen MR) is 101 cm³/mol. The second-order valence-corrected chi connectivity index (χ2v) is 8.45. The van der Waals surface area contributed by atoms with E-state index >= 15 is 0 Å². The number of rotatable bonds is 6. The van der Waals surface area contributed by atoms with Crippen molar-refractivity contribution in [3.8, 4) is 11.1 Å². The van der Waals surface area contributed by atoms with Gasteiger partial charge in [-0.25, -0.2) is 12.7 Å². The van der Waals surface area contributed by atoms with Gasteiger partial charge in [0.2, 0.25) is 10.0 Å². The maximum atomic E-state index is 12.7. The van der Waals surface area contributed by atoms with Gasteiger partial charge < -0.3 is 5.32 Å². The molecule has 6 nitrogen and oxygen atoms in total. The molecule has 138 valence electrons. The summed E-state index contributed by atoms with van der Waals surface area (Å²) in [7, 11) is -3.31. The molecule has 1 aromatic heterocycles. The molecular weight excluding hydrogens is 350 g/mol. The number of nitrogens with one attached hydrogen (secondary N) is 1. The number of aromatic nitrogens is 1. The van der Waals surface area contributed by atoms with Gasteiger partial charge in [-0.3, -0.25) is 9.78 Å². The first-order valence-corrected chi connectivity index (χ1v) is 10.4. The van der Waals surface area contributed by atoms with E-state index in [-0.39, 0.29) is 18.2 Å². The Balaban J connectivity index is 1.72. The molecule has 1 fully saturated rings. The number of sulfonamides is 1. The Bertz CT molecular complexity index is 876. The van der Waals surface area contributed by atoms with Gasteiger partial charge in [-0.05, 0) is 37.0 Å². The molecule has 2 heterocycles. The Kier molecular flexibility index (Phi) is 5.68. The lowest BCUT2D eigenvalue weighted by Gasteiger charge is -2.16. The van der Waals surface area contributed by atoms with Crippen LogP contribution in [0.3, 0.4) is 0 Å². The van der Waals surface area contributed by atoms with Gasteiger partial charge in [-0.1, -0.05) is 30.3 Å². The third kappa shape index (κ3) is 4.11. The molecule has 1 N–H and O–H groups in total. The number of amides is 1. The fraction of sp³-hybridized carbons (Fsp3) is 0.368. The normalized spacial score (nSPS) is 15.1. The smallest absolute Gasteiger partial charge is 0.253 e. The fourth-order valence-electron chi connectivity index (χ4n) is 3.19. The Morgan fingerprint density at radius 3 is 2.54 bits per heavy atom. The summed E-state index contributed by atoms with van der Waals surface area (Å²) in [5.41, 5.74) is 2.81. The number of hydrogen-bond acceptors (Lipinski definition) is 4. The van der Waals surface area contributed by atoms with E-state index in [1.54, 1.807) is 19.2 Å². The second-order valence-electron chi connectivity index (χ2n) is 6.36. The van der Waals surface area contributed by atoms with Crippen LogP contribution >= 0.6 is 0 Å². The number of aryl methyl sites for hydroxylation is 1. The number of nitrogens with zero attached hydrogens (tertiary/aromatic N) is 2. The van der Waals surface area contributed by atoms with E-state index in [1.807, 2.05) is 30.3 Å². The van der Waals surface area contributed by atoms with Gasteiger partial charge in [-0.15, -0.1) is 0 Å². The number of carbonyl (C=O) groups is 1. The quantitative estimate of drug-likeness (QED) is 0.842. The summed E-state index contributed by atoms with van der Waals surface area (Å²) in [4.78, 5) is 16.9. The zero-order valence-electron chi connectivity index (χ0n) is 14.8. The highest BCUT2D eigenvalue weighted by molar-refractivity contribution is 7.89. The molecule has 0 bridgehead atoms. The van der Waals surface area contributed by atoms with Crippen molar-refractivity contribution in [2.24, 2.45) is 0 Å². The zero-order chi connectivity index (χ0) is 18.6. The van der Waals surface area contributed by atoms with E-state index in [4.69, 9.17) is 0 Å². The minimum Gasteiger partial charge on any atom is -0.351 e. The van der Waals surface area contributed by atoms with Crippen molar-refractivity contribution in [2.75, 3.05) is 25.4 Å². The van der Waals surface area contributed by atoms with Crippen LogP contribution < -0.4 is 5.32 Å². The molecule has 1 aromatic carbocycles. The number of benzene rings is 1. The van der Waals surface area contributed by atoms with Crippen LogP contribution in [-0.2, 0) is 10.0 Å². The fourth-order valence-corrected chi connectivity index (χ4v) is 4.62. The third-order valence-electron chi connectivity index (χ3n) is 4.56. The monoisotopic (exact) mass is 373 g/mol. The SMILES string of the molecule is Cc1nccc(-c2ccccc2)c1C(=O)NCCS(=O)(=O)N1CCCC1. The van der Waals surface area contributed by atoms with Crippen LogP contribution in [0.5, 0.6) is 0 Å². The van der Waals surface area contributed by atoms with Gasteiger partial charge in [0.1, 0.15) is 0 Å². The molecule has 0 spiro atoms. The lowest BCUT2D eigenvalue weighted by Crippen LogP contribution is -2.36. The topological polar surface area (TPSA) is 79.4 Å². The van der Waals surface area contributed by atoms with Crippen molar-refractivity contribution in [2.45, 2.75) is 19.8 Å². The van der Waals surface area contributed by atoms with Crippen LogP contribution in [-0.4, -0.2) is 49.0 Å². The van der Waals surface area contributed by atoms with Crippen LogP contribution in [0.1, 0.15) is 28.9 Å². The van der Waals surface area contributed by atoms with Gasteiger partial charge in [0, 0.05) is 25.8 Å². The van der Waals surface area contributed by atoms with E-state index in [0.717, 1.165) is 24.0 Å². The lowest BCUT2D eigenvalue weighted by atomic mass is 9.99. The highest BCUT2D eigenvalue weighted by Crippen LogP contribution is 2.24. The molecule has 0 saturated carbocycles. The Morgan fingerprint density at radius 2 is 1.85 bits per heavy atom. The maximum Gasteiger partial charge on any atom is 0.253 e. The highest BCUT2D eigenvalue weighted by Gasteiger charge is 2.25. The van der Waals surface area contributed by atoms with Crippen molar-refractivity contribution >= 4 is 15.9 Å². The summed E-state index contributed by atoms with van der Waals surface area (Å²) in [6, 6.07) is 11.4. The molecule has 0 aliphatic carbocycles. The molecule has 26 heavy (non-hydrogen) atoms. The van der Waals surface area contributed by atoms with Gasteiger partial charge in [0.05, 0.1) is 17.0 Å². The van der Waals surface area contributed by atoms with E-state index in [2.05, 4.69) is 10.3 Å². The molecule has 0 atom stereocenters. The number of carbonyl (C=O) groups excluding carboxylic acids is 1. The van der Waals surface area contributed by atoms with Crippen molar-refractivity contribution in [1.82, 2.24) is 14.6 Å². The van der Waals surface area contributed by atoms with Gasteiger partial charge >= 0.3 is 0 Å². The predicted octanol–water partition coefficient (Wildman–Crippen LogP) is 2.21. The average molecular weight is 373 g/mol. The van der Waals surface area contributed by atoms with Crippen molar-refractivity contribution in [3.05, 3.63) is 53.9 Å². The summed E-state index contributed by atoms with van der Waals surface area (Å²) >= 11 is 0. The molecule has 2 aromatic rings. The molecule has 1 saturated heterocycles. The molecule has 7 heteroatoms. The van der Waals surface area contributed by atoms with Crippen LogP contribution in [0.15, 0.2) is 42.6 Å². The van der Waals surface area contributed by atoms with Crippen LogP contribution in [0.4, 0.5) is 0 Å². The first kappa shape index (κ1) is 18.5. The average Bonchev–Trinajstić information content (AvgIpc) is 3.17.